The van der Waals surface area contributed by atoms with Gasteiger partial charge in [0.15, 0.2) is 6.10 Å². The molecule has 1 atom stereocenters. The number of carbonyl (C=O) groups excluding carboxylic acids is 1. The molecule has 0 aliphatic heterocycles. The average Bonchev–Trinajstić information content (AvgIpc) is 2.68. The zero-order chi connectivity index (χ0) is 20.6. The van der Waals surface area contributed by atoms with Crippen molar-refractivity contribution in [1.82, 2.24) is 0 Å². The summed E-state index contributed by atoms with van der Waals surface area (Å²) in [4.78, 5) is 12.2. The van der Waals surface area contributed by atoms with Crippen molar-refractivity contribution >= 4 is 16.1 Å². The number of aryl methyl sites for hydroxylation is 2. The van der Waals surface area contributed by atoms with E-state index in [9.17, 15) is 13.2 Å². The highest BCUT2D eigenvalue weighted by molar-refractivity contribution is 7.86. The maximum Gasteiger partial charge on any atom is 0.336 e. The Morgan fingerprint density at radius 1 is 1.04 bits per heavy atom. The van der Waals surface area contributed by atoms with Crippen LogP contribution in [-0.4, -0.2) is 34.2 Å². The van der Waals surface area contributed by atoms with Crippen molar-refractivity contribution in [2.24, 2.45) is 0 Å². The Morgan fingerprint density at radius 3 is 2.25 bits per heavy atom. The summed E-state index contributed by atoms with van der Waals surface area (Å²) in [6.07, 6.45) is 0.299. The van der Waals surface area contributed by atoms with Crippen LogP contribution in [-0.2, 0) is 30.3 Å². The summed E-state index contributed by atoms with van der Waals surface area (Å²) in [5.41, 5.74) is 1.99. The molecule has 28 heavy (non-hydrogen) atoms. The fourth-order valence-electron chi connectivity index (χ4n) is 2.64. The Kier molecular flexibility index (Phi) is 8.02. The summed E-state index contributed by atoms with van der Waals surface area (Å²) < 4.78 is 40.4. The number of esters is 1. The third-order valence-electron chi connectivity index (χ3n) is 4.19. The molecule has 6 nitrogen and oxygen atoms in total. The summed E-state index contributed by atoms with van der Waals surface area (Å²) in [5, 5.41) is 0. The van der Waals surface area contributed by atoms with Crippen molar-refractivity contribution in [3.8, 4) is 5.75 Å². The van der Waals surface area contributed by atoms with E-state index in [1.54, 1.807) is 26.2 Å². The van der Waals surface area contributed by atoms with E-state index in [1.165, 1.54) is 12.1 Å². The first-order valence-electron chi connectivity index (χ1n) is 9.15. The van der Waals surface area contributed by atoms with Gasteiger partial charge in [-0.05, 0) is 62.9 Å². The van der Waals surface area contributed by atoms with Crippen LogP contribution in [0.25, 0.3) is 0 Å². The fourth-order valence-corrected chi connectivity index (χ4v) is 3.70. The lowest BCUT2D eigenvalue weighted by molar-refractivity contribution is -0.151. The number of rotatable bonds is 10. The van der Waals surface area contributed by atoms with E-state index in [2.05, 4.69) is 0 Å². The van der Waals surface area contributed by atoms with E-state index in [4.69, 9.17) is 13.7 Å². The van der Waals surface area contributed by atoms with Crippen molar-refractivity contribution < 1.29 is 26.9 Å². The second-order valence-electron chi connectivity index (χ2n) is 6.34. The van der Waals surface area contributed by atoms with Gasteiger partial charge in [0, 0.05) is 0 Å². The molecule has 2 rings (SSSR count). The van der Waals surface area contributed by atoms with Gasteiger partial charge in [0.1, 0.15) is 5.75 Å². The molecule has 2 aromatic rings. The molecular weight excluding hydrogens is 380 g/mol. The largest absolute Gasteiger partial charge is 0.497 e. The molecule has 0 aliphatic carbocycles. The van der Waals surface area contributed by atoms with Gasteiger partial charge >= 0.3 is 5.97 Å². The number of benzene rings is 2. The first-order chi connectivity index (χ1) is 13.4. The summed E-state index contributed by atoms with van der Waals surface area (Å²) in [6, 6.07) is 13.9. The SMILES string of the molecule is CCOC(=O)[C@@H](CCCc1ccc(OC)cc1)OS(=O)(=O)c1ccc(C)cc1. The lowest BCUT2D eigenvalue weighted by Crippen LogP contribution is -2.29. The first-order valence-corrected chi connectivity index (χ1v) is 10.6. The second kappa shape index (κ2) is 10.2. The predicted octanol–water partition coefficient (Wildman–Crippen LogP) is 3.66. The second-order valence-corrected chi connectivity index (χ2v) is 7.92. The molecular formula is C21H26O6S. The van der Waals surface area contributed by atoms with Crippen molar-refractivity contribution in [2.45, 2.75) is 44.1 Å². The van der Waals surface area contributed by atoms with Crippen LogP contribution in [0.15, 0.2) is 53.4 Å². The van der Waals surface area contributed by atoms with E-state index < -0.39 is 22.2 Å². The maximum absolute atomic E-state index is 12.5. The minimum absolute atomic E-state index is 0.0163. The van der Waals surface area contributed by atoms with Gasteiger partial charge in [-0.3, -0.25) is 4.18 Å². The summed E-state index contributed by atoms with van der Waals surface area (Å²) >= 11 is 0. The molecule has 0 bridgehead atoms. The highest BCUT2D eigenvalue weighted by Gasteiger charge is 2.28. The van der Waals surface area contributed by atoms with Gasteiger partial charge in [-0.1, -0.05) is 29.8 Å². The van der Waals surface area contributed by atoms with Gasteiger partial charge < -0.3 is 9.47 Å². The van der Waals surface area contributed by atoms with Crippen LogP contribution in [0.2, 0.25) is 0 Å². The average molecular weight is 407 g/mol. The van der Waals surface area contributed by atoms with Gasteiger partial charge in [-0.2, -0.15) is 8.42 Å². The lowest BCUT2D eigenvalue weighted by Gasteiger charge is -2.16. The van der Waals surface area contributed by atoms with Crippen molar-refractivity contribution in [1.29, 1.82) is 0 Å². The number of ether oxygens (including phenoxy) is 2. The monoisotopic (exact) mass is 406 g/mol. The Hall–Kier alpha value is -2.38. The van der Waals surface area contributed by atoms with Gasteiger partial charge in [-0.15, -0.1) is 0 Å². The standard InChI is InChI=1S/C21H26O6S/c1-4-26-21(22)20(7-5-6-17-10-12-18(25-3)13-11-17)27-28(23,24)19-14-8-16(2)9-15-19/h8-15,20H,4-7H2,1-3H3/t20-/m1/s1. The highest BCUT2D eigenvalue weighted by Crippen LogP contribution is 2.19. The fraction of sp³-hybridized carbons (Fsp3) is 0.381. The molecule has 0 unspecified atom stereocenters. The van der Waals surface area contributed by atoms with Crippen LogP contribution in [0.5, 0.6) is 5.75 Å². The predicted molar refractivity (Wildman–Crippen MR) is 106 cm³/mol. The Bertz CT molecular complexity index is 857. The van der Waals surface area contributed by atoms with Crippen LogP contribution in [0.3, 0.4) is 0 Å². The number of methoxy groups -OCH3 is 1. The highest BCUT2D eigenvalue weighted by atomic mass is 32.2. The first kappa shape index (κ1) is 21.9. The van der Waals surface area contributed by atoms with E-state index in [0.717, 1.165) is 16.9 Å². The van der Waals surface area contributed by atoms with Gasteiger partial charge in [0.05, 0.1) is 18.6 Å². The normalized spacial score (nSPS) is 12.4. The molecule has 0 fully saturated rings. The van der Waals surface area contributed by atoms with E-state index >= 15 is 0 Å². The number of hydrogen-bond acceptors (Lipinski definition) is 6. The third-order valence-corrected chi connectivity index (χ3v) is 5.53. The van der Waals surface area contributed by atoms with E-state index in [-0.39, 0.29) is 17.9 Å². The van der Waals surface area contributed by atoms with Crippen molar-refractivity contribution in [3.63, 3.8) is 0 Å². The summed E-state index contributed by atoms with van der Waals surface area (Å²) in [7, 11) is -2.46. The molecule has 0 N–H and O–H groups in total. The molecule has 0 spiro atoms. The molecule has 0 aromatic heterocycles. The van der Waals surface area contributed by atoms with Crippen LogP contribution < -0.4 is 4.74 Å². The smallest absolute Gasteiger partial charge is 0.336 e. The molecule has 2 aromatic carbocycles. The zero-order valence-corrected chi connectivity index (χ0v) is 17.2. The van der Waals surface area contributed by atoms with Crippen molar-refractivity contribution in [2.75, 3.05) is 13.7 Å². The molecule has 152 valence electrons. The minimum atomic E-state index is -4.06. The molecule has 0 aliphatic rings. The third kappa shape index (κ3) is 6.35. The molecule has 7 heteroatoms. The lowest BCUT2D eigenvalue weighted by atomic mass is 10.1. The van der Waals surface area contributed by atoms with Crippen LogP contribution >= 0.6 is 0 Å². The minimum Gasteiger partial charge on any atom is -0.497 e. The van der Waals surface area contributed by atoms with E-state index in [1.807, 2.05) is 31.2 Å². The topological polar surface area (TPSA) is 78.9 Å². The van der Waals surface area contributed by atoms with Crippen LogP contribution in [0.4, 0.5) is 0 Å². The number of carbonyl (C=O) groups is 1. The molecule has 0 amide bonds. The Balaban J connectivity index is 2.04. The maximum atomic E-state index is 12.5. The van der Waals surface area contributed by atoms with Crippen LogP contribution in [0.1, 0.15) is 30.9 Å². The quantitative estimate of drug-likeness (QED) is 0.443. The van der Waals surface area contributed by atoms with Crippen molar-refractivity contribution in [3.05, 3.63) is 59.7 Å². The Morgan fingerprint density at radius 2 is 1.68 bits per heavy atom. The van der Waals surface area contributed by atoms with E-state index in [0.29, 0.717) is 12.8 Å². The molecule has 0 saturated carbocycles. The molecule has 0 radical (unpaired) electrons. The van der Waals surface area contributed by atoms with Gasteiger partial charge in [0.25, 0.3) is 10.1 Å². The summed E-state index contributed by atoms with van der Waals surface area (Å²) in [6.45, 7) is 3.68. The van der Waals surface area contributed by atoms with Gasteiger partial charge in [-0.25, -0.2) is 4.79 Å². The molecule has 0 heterocycles. The Labute approximate surface area is 166 Å². The number of hydrogen-bond donors (Lipinski definition) is 0. The zero-order valence-electron chi connectivity index (χ0n) is 16.4. The van der Waals surface area contributed by atoms with Crippen LogP contribution in [0, 0.1) is 6.92 Å². The summed E-state index contributed by atoms with van der Waals surface area (Å²) in [5.74, 6) is 0.0913. The van der Waals surface area contributed by atoms with Gasteiger partial charge in [0.2, 0.25) is 0 Å². The molecule has 0 saturated heterocycles.